The maximum Gasteiger partial charge on any atom is 0.121 e. The molecule has 0 spiro atoms. The molecule has 4 rings (SSSR count). The van der Waals surface area contributed by atoms with E-state index < -0.39 is 0 Å². The number of nitrogens with one attached hydrogen (secondary N) is 2. The van der Waals surface area contributed by atoms with E-state index in [1.54, 1.807) is 0 Å². The van der Waals surface area contributed by atoms with Gasteiger partial charge in [-0.05, 0) is 75.3 Å². The molecule has 0 saturated heterocycles. The molecule has 2 aliphatic carbocycles. The van der Waals surface area contributed by atoms with E-state index in [1.807, 2.05) is 20.0 Å². The zero-order valence-electron chi connectivity index (χ0n) is 20.9. The predicted molar refractivity (Wildman–Crippen MR) is 142 cm³/mol. The highest BCUT2D eigenvalue weighted by molar-refractivity contribution is 6.09. The molecule has 178 valence electrons. The third-order valence-corrected chi connectivity index (χ3v) is 6.21. The molecule has 4 heteroatoms. The summed E-state index contributed by atoms with van der Waals surface area (Å²) in [5, 5.41) is 7.16. The van der Waals surface area contributed by atoms with Crippen LogP contribution < -0.4 is 15.4 Å². The first kappa shape index (κ1) is 25.0. The van der Waals surface area contributed by atoms with Crippen LogP contribution in [0.1, 0.15) is 66.2 Å². The topological polar surface area (TPSA) is 45.7 Å². The summed E-state index contributed by atoms with van der Waals surface area (Å²) in [5.74, 6) is 1.15. The summed E-state index contributed by atoms with van der Waals surface area (Å²) in [6.07, 6.45) is 18.4. The molecule has 1 aliphatic heterocycles. The standard InChI is InChI=1S/C27H35N3O.C2H6/c1-3-16-28-18-20(4-2)25-19-29-27-24(25)14-7-8-15-26(27)30-21-10-9-13-23(17-21)31-22-11-5-6-12-22;1-2/h4,7,9-10,13-15,17,19,22,24,28,30H,3,5-6,8,11-12,16,18H2,1-2H3;1-2H3/b20-4+;. The first-order chi connectivity index (χ1) is 16.3. The van der Waals surface area contributed by atoms with Crippen molar-refractivity contribution < 1.29 is 4.74 Å². The number of fused-ring (bicyclic) bond motifs is 1. The SMILES string of the molecule is C/C=C(\CNCCC)C1=CN=C2C(Nc3cccc(OC4CCCC4)c3)=CCC=CC12.CC. The van der Waals surface area contributed by atoms with Crippen LogP contribution in [0.25, 0.3) is 0 Å². The number of allylic oxidation sites excluding steroid dienone is 5. The molecule has 3 aliphatic rings. The van der Waals surface area contributed by atoms with Gasteiger partial charge in [-0.15, -0.1) is 0 Å². The van der Waals surface area contributed by atoms with Gasteiger partial charge in [0.1, 0.15) is 5.75 Å². The number of benzene rings is 1. The van der Waals surface area contributed by atoms with E-state index in [-0.39, 0.29) is 5.92 Å². The first-order valence-corrected chi connectivity index (χ1v) is 12.8. The predicted octanol–water partition coefficient (Wildman–Crippen LogP) is 7.19. The molecule has 1 heterocycles. The summed E-state index contributed by atoms with van der Waals surface area (Å²) in [6.45, 7) is 10.2. The van der Waals surface area contributed by atoms with Crippen molar-refractivity contribution in [3.8, 4) is 5.75 Å². The maximum atomic E-state index is 6.20. The smallest absolute Gasteiger partial charge is 0.121 e. The molecule has 1 aromatic carbocycles. The number of anilines is 1. The van der Waals surface area contributed by atoms with Gasteiger partial charge in [0.25, 0.3) is 0 Å². The Morgan fingerprint density at radius 1 is 1.21 bits per heavy atom. The van der Waals surface area contributed by atoms with Gasteiger partial charge in [-0.2, -0.15) is 0 Å². The minimum absolute atomic E-state index is 0.203. The number of nitrogens with zero attached hydrogens (tertiary/aromatic N) is 1. The van der Waals surface area contributed by atoms with Gasteiger partial charge in [-0.1, -0.05) is 51.1 Å². The van der Waals surface area contributed by atoms with Crippen molar-refractivity contribution >= 4 is 11.4 Å². The van der Waals surface area contributed by atoms with Gasteiger partial charge in [0.15, 0.2) is 0 Å². The Morgan fingerprint density at radius 3 is 2.79 bits per heavy atom. The van der Waals surface area contributed by atoms with Crippen LogP contribution in [-0.2, 0) is 0 Å². The Balaban J connectivity index is 0.00000149. The first-order valence-electron chi connectivity index (χ1n) is 12.8. The summed E-state index contributed by atoms with van der Waals surface area (Å²) in [4.78, 5) is 4.85. The van der Waals surface area contributed by atoms with Crippen molar-refractivity contribution in [1.82, 2.24) is 5.32 Å². The Bertz CT molecular complexity index is 917. The molecule has 0 amide bonds. The van der Waals surface area contributed by atoms with Crippen molar-refractivity contribution in [2.75, 3.05) is 18.4 Å². The summed E-state index contributed by atoms with van der Waals surface area (Å²) >= 11 is 0. The molecule has 4 nitrogen and oxygen atoms in total. The van der Waals surface area contributed by atoms with Crippen LogP contribution in [-0.4, -0.2) is 24.9 Å². The monoisotopic (exact) mass is 447 g/mol. The molecule has 1 fully saturated rings. The van der Waals surface area contributed by atoms with Crippen molar-refractivity contribution in [2.45, 2.75) is 72.3 Å². The van der Waals surface area contributed by atoms with Gasteiger partial charge in [-0.3, -0.25) is 4.99 Å². The van der Waals surface area contributed by atoms with Crippen molar-refractivity contribution in [3.63, 3.8) is 0 Å². The molecule has 2 N–H and O–H groups in total. The fraction of sp³-hybridized carbons (Fsp3) is 0.483. The third kappa shape index (κ3) is 6.70. The van der Waals surface area contributed by atoms with E-state index in [1.165, 1.54) is 36.8 Å². The highest BCUT2D eigenvalue weighted by Gasteiger charge is 2.28. The number of aliphatic imine (C=N–C) groups is 1. The molecule has 1 aromatic rings. The van der Waals surface area contributed by atoms with Gasteiger partial charge in [0.2, 0.25) is 0 Å². The van der Waals surface area contributed by atoms with E-state index in [4.69, 9.17) is 9.73 Å². The number of hydrogen-bond acceptors (Lipinski definition) is 4. The van der Waals surface area contributed by atoms with Crippen molar-refractivity contribution in [1.29, 1.82) is 0 Å². The van der Waals surface area contributed by atoms with E-state index in [0.29, 0.717) is 6.10 Å². The van der Waals surface area contributed by atoms with E-state index in [2.05, 4.69) is 73.1 Å². The number of rotatable bonds is 9. The summed E-state index contributed by atoms with van der Waals surface area (Å²) < 4.78 is 6.20. The lowest BCUT2D eigenvalue weighted by Crippen LogP contribution is -2.23. The zero-order valence-corrected chi connectivity index (χ0v) is 20.9. The molecule has 1 unspecified atom stereocenters. The van der Waals surface area contributed by atoms with Gasteiger partial charge >= 0.3 is 0 Å². The normalized spacial score (nSPS) is 20.2. The van der Waals surface area contributed by atoms with Crippen molar-refractivity contribution in [3.05, 3.63) is 71.6 Å². The quantitative estimate of drug-likeness (QED) is 0.311. The second-order valence-electron chi connectivity index (χ2n) is 8.53. The summed E-state index contributed by atoms with van der Waals surface area (Å²) in [7, 11) is 0. The van der Waals surface area contributed by atoms with Crippen LogP contribution in [0.5, 0.6) is 5.75 Å². The molecule has 1 saturated carbocycles. The van der Waals surface area contributed by atoms with Gasteiger partial charge in [-0.25, -0.2) is 0 Å². The Hall–Kier alpha value is -2.59. The lowest BCUT2D eigenvalue weighted by molar-refractivity contribution is 0.210. The fourth-order valence-corrected chi connectivity index (χ4v) is 4.55. The lowest BCUT2D eigenvalue weighted by Gasteiger charge is -2.19. The van der Waals surface area contributed by atoms with E-state index in [9.17, 15) is 0 Å². The van der Waals surface area contributed by atoms with Crippen molar-refractivity contribution in [2.24, 2.45) is 10.9 Å². The van der Waals surface area contributed by atoms with Crippen LogP contribution in [0.4, 0.5) is 5.69 Å². The molecule has 0 radical (unpaired) electrons. The molecule has 0 aromatic heterocycles. The largest absolute Gasteiger partial charge is 0.490 e. The summed E-state index contributed by atoms with van der Waals surface area (Å²) in [5.41, 5.74) is 5.87. The van der Waals surface area contributed by atoms with Gasteiger partial charge in [0, 0.05) is 30.4 Å². The highest BCUT2D eigenvalue weighted by atomic mass is 16.5. The minimum Gasteiger partial charge on any atom is -0.490 e. The Kier molecular flexibility index (Phi) is 10.0. The third-order valence-electron chi connectivity index (χ3n) is 6.21. The molecular formula is C29H41N3O. The zero-order chi connectivity index (χ0) is 23.5. The van der Waals surface area contributed by atoms with Crippen LogP contribution in [0.15, 0.2) is 76.6 Å². The van der Waals surface area contributed by atoms with Crippen LogP contribution >= 0.6 is 0 Å². The molecule has 0 bridgehead atoms. The average molecular weight is 448 g/mol. The number of ether oxygens (including phenoxy) is 1. The van der Waals surface area contributed by atoms with Gasteiger partial charge in [0.05, 0.1) is 17.5 Å². The second-order valence-corrected chi connectivity index (χ2v) is 8.53. The average Bonchev–Trinajstić information content (AvgIpc) is 3.46. The van der Waals surface area contributed by atoms with Crippen LogP contribution in [0.2, 0.25) is 0 Å². The summed E-state index contributed by atoms with van der Waals surface area (Å²) in [6, 6.07) is 8.34. The fourth-order valence-electron chi connectivity index (χ4n) is 4.55. The van der Waals surface area contributed by atoms with Crippen LogP contribution in [0, 0.1) is 5.92 Å². The maximum absolute atomic E-state index is 6.20. The lowest BCUT2D eigenvalue weighted by atomic mass is 9.89. The molecule has 1 atom stereocenters. The molecular weight excluding hydrogens is 406 g/mol. The Labute approximate surface area is 200 Å². The second kappa shape index (κ2) is 13.2. The highest BCUT2D eigenvalue weighted by Crippen LogP contribution is 2.33. The van der Waals surface area contributed by atoms with Gasteiger partial charge < -0.3 is 15.4 Å². The number of hydrogen-bond donors (Lipinski definition) is 2. The van der Waals surface area contributed by atoms with E-state index >= 15 is 0 Å². The van der Waals surface area contributed by atoms with Crippen LogP contribution in [0.3, 0.4) is 0 Å². The minimum atomic E-state index is 0.203. The molecule has 33 heavy (non-hydrogen) atoms. The Morgan fingerprint density at radius 2 is 2.03 bits per heavy atom. The van der Waals surface area contributed by atoms with E-state index in [0.717, 1.165) is 48.8 Å².